The third kappa shape index (κ3) is 16.3. The Bertz CT molecular complexity index is 363. The number of unbranched alkanes of at least 4 members (excludes halogenated alkanes) is 8. The molecule has 0 spiro atoms. The molecule has 0 aliphatic carbocycles. The van der Waals surface area contributed by atoms with Gasteiger partial charge in [0.05, 0.1) is 0 Å². The Balaban J connectivity index is 0. The molecule has 0 bridgehead atoms. The van der Waals surface area contributed by atoms with E-state index in [9.17, 15) is 14.4 Å². The van der Waals surface area contributed by atoms with Gasteiger partial charge in [0.25, 0.3) is 0 Å². The molecule has 1 atom stereocenters. The van der Waals surface area contributed by atoms with Crippen LogP contribution in [0.15, 0.2) is 0 Å². The Morgan fingerprint density at radius 1 is 0.833 bits per heavy atom. The van der Waals surface area contributed by atoms with E-state index < -0.39 is 18.0 Å². The second kappa shape index (κ2) is 17.2. The van der Waals surface area contributed by atoms with Crippen LogP contribution in [0.3, 0.4) is 0 Å². The summed E-state index contributed by atoms with van der Waals surface area (Å²) < 4.78 is 0. The van der Waals surface area contributed by atoms with Gasteiger partial charge in [-0.15, -0.1) is 0 Å². The topological polar surface area (TPSA) is 104 Å². The number of aliphatic carboxylic acids is 2. The molecule has 6 nitrogen and oxygen atoms in total. The predicted octanol–water partition coefficient (Wildman–Crippen LogP) is 2.69. The molecule has 7 heteroatoms. The first-order valence-electron chi connectivity index (χ1n) is 8.71. The molecule has 0 radical (unpaired) electrons. The number of hydrogen-bond donors (Lipinski definition) is 3. The fourth-order valence-corrected chi connectivity index (χ4v) is 2.39. The van der Waals surface area contributed by atoms with Crippen molar-refractivity contribution >= 4 is 47.4 Å². The Labute approximate surface area is 167 Å². The molecular weight excluding hydrogens is 321 g/mol. The van der Waals surface area contributed by atoms with Crippen LogP contribution in [-0.2, 0) is 14.4 Å². The first-order valence-corrected chi connectivity index (χ1v) is 8.71. The second-order valence-corrected chi connectivity index (χ2v) is 5.97. The third-order valence-corrected chi connectivity index (χ3v) is 3.79. The molecule has 3 N–H and O–H groups in total. The maximum absolute atomic E-state index is 11.7. The van der Waals surface area contributed by atoms with Crippen LogP contribution >= 0.6 is 0 Å². The molecule has 0 rings (SSSR count). The fourth-order valence-electron chi connectivity index (χ4n) is 2.39. The summed E-state index contributed by atoms with van der Waals surface area (Å²) in [6.45, 7) is 2.20. The van der Waals surface area contributed by atoms with Crippen molar-refractivity contribution in [1.82, 2.24) is 5.32 Å². The van der Waals surface area contributed by atoms with Crippen molar-refractivity contribution in [1.29, 1.82) is 0 Å². The van der Waals surface area contributed by atoms with Crippen LogP contribution in [-0.4, -0.2) is 63.7 Å². The predicted molar refractivity (Wildman–Crippen MR) is 95.4 cm³/mol. The molecule has 0 saturated carbocycles. The minimum atomic E-state index is -1.19. The van der Waals surface area contributed by atoms with E-state index in [0.717, 1.165) is 19.3 Å². The molecule has 0 aliphatic heterocycles. The summed E-state index contributed by atoms with van der Waals surface area (Å²) in [6.07, 6.45) is 10.3. The van der Waals surface area contributed by atoms with E-state index in [1.165, 1.54) is 38.5 Å². The molecule has 24 heavy (non-hydrogen) atoms. The van der Waals surface area contributed by atoms with Crippen molar-refractivity contribution in [2.75, 3.05) is 0 Å². The van der Waals surface area contributed by atoms with Gasteiger partial charge in [-0.3, -0.25) is 9.59 Å². The van der Waals surface area contributed by atoms with Crippen molar-refractivity contribution in [3.05, 3.63) is 0 Å². The van der Waals surface area contributed by atoms with Gasteiger partial charge in [0.2, 0.25) is 5.91 Å². The normalized spacial score (nSPS) is 11.4. The average molecular weight is 353 g/mol. The van der Waals surface area contributed by atoms with Crippen LogP contribution in [0.1, 0.15) is 84.0 Å². The molecule has 0 aliphatic rings. The Morgan fingerprint density at radius 2 is 1.33 bits per heavy atom. The van der Waals surface area contributed by atoms with Crippen LogP contribution in [0, 0.1) is 0 Å². The first-order chi connectivity index (χ1) is 11.0. The van der Waals surface area contributed by atoms with Crippen molar-refractivity contribution in [3.63, 3.8) is 0 Å². The van der Waals surface area contributed by atoms with Gasteiger partial charge in [-0.1, -0.05) is 58.3 Å². The molecule has 0 fully saturated rings. The number of carboxylic acid groups (broad SMARTS) is 2. The summed E-state index contributed by atoms with van der Waals surface area (Å²) in [5, 5.41) is 19.9. The Kier molecular flexibility index (Phi) is 18.4. The van der Waals surface area contributed by atoms with Gasteiger partial charge in [-0.2, -0.15) is 0 Å². The second-order valence-electron chi connectivity index (χ2n) is 5.97. The molecule has 0 aromatic rings. The zero-order valence-electron chi connectivity index (χ0n) is 14.2. The summed E-state index contributed by atoms with van der Waals surface area (Å²) in [5.74, 6) is -2.57. The molecule has 0 heterocycles. The van der Waals surface area contributed by atoms with Crippen LogP contribution < -0.4 is 5.32 Å². The number of carbonyl (C=O) groups excluding carboxylic acids is 1. The molecular formula is C17H32NNaO5. The molecule has 0 aromatic heterocycles. The molecule has 1 amide bonds. The Hall–Kier alpha value is -0.590. The number of hydrogen-bond acceptors (Lipinski definition) is 3. The van der Waals surface area contributed by atoms with E-state index in [1.54, 1.807) is 0 Å². The van der Waals surface area contributed by atoms with Gasteiger partial charge in [-0.05, 0) is 12.8 Å². The minimum absolute atomic E-state index is 0. The van der Waals surface area contributed by atoms with Gasteiger partial charge < -0.3 is 15.5 Å². The maximum atomic E-state index is 11.7. The van der Waals surface area contributed by atoms with Crippen LogP contribution in [0.5, 0.6) is 0 Å². The van der Waals surface area contributed by atoms with E-state index in [1.807, 2.05) is 0 Å². The van der Waals surface area contributed by atoms with Crippen LogP contribution in [0.4, 0.5) is 0 Å². The molecule has 0 unspecified atom stereocenters. The van der Waals surface area contributed by atoms with E-state index in [2.05, 4.69) is 12.2 Å². The number of nitrogens with one attached hydrogen (secondary N) is 1. The van der Waals surface area contributed by atoms with E-state index >= 15 is 0 Å². The van der Waals surface area contributed by atoms with E-state index in [4.69, 9.17) is 10.2 Å². The van der Waals surface area contributed by atoms with E-state index in [0.29, 0.717) is 6.42 Å². The number of amides is 1. The number of carboxylic acids is 2. The van der Waals surface area contributed by atoms with Gasteiger partial charge in [0.1, 0.15) is 6.04 Å². The quantitative estimate of drug-likeness (QED) is 0.310. The number of rotatable bonds is 15. The Morgan fingerprint density at radius 3 is 1.79 bits per heavy atom. The van der Waals surface area contributed by atoms with Crippen molar-refractivity contribution in [3.8, 4) is 0 Å². The summed E-state index contributed by atoms with van der Waals surface area (Å²) in [6, 6.07) is -1.11. The van der Waals surface area contributed by atoms with Crippen molar-refractivity contribution in [2.24, 2.45) is 0 Å². The third-order valence-electron chi connectivity index (χ3n) is 3.79. The van der Waals surface area contributed by atoms with Gasteiger partial charge in [0, 0.05) is 12.8 Å². The van der Waals surface area contributed by atoms with Gasteiger partial charge >= 0.3 is 41.5 Å². The number of carbonyl (C=O) groups is 3. The SMILES string of the molecule is CCCCCCCCCCCC(=O)N[C@H](CCC(=O)O)C(=O)O.[NaH]. The molecule has 0 saturated heterocycles. The average Bonchev–Trinajstić information content (AvgIpc) is 2.49. The monoisotopic (exact) mass is 353 g/mol. The van der Waals surface area contributed by atoms with Crippen LogP contribution in [0.2, 0.25) is 0 Å². The van der Waals surface area contributed by atoms with Gasteiger partial charge in [-0.25, -0.2) is 4.79 Å². The zero-order chi connectivity index (χ0) is 17.5. The van der Waals surface area contributed by atoms with Crippen molar-refractivity contribution in [2.45, 2.75) is 90.0 Å². The van der Waals surface area contributed by atoms with Crippen molar-refractivity contribution < 1.29 is 24.6 Å². The van der Waals surface area contributed by atoms with Gasteiger partial charge in [0.15, 0.2) is 0 Å². The molecule has 0 aromatic carbocycles. The first kappa shape index (κ1) is 25.6. The van der Waals surface area contributed by atoms with E-state index in [-0.39, 0.29) is 48.3 Å². The standard InChI is InChI=1S/C17H31NO5.Na.H/c1-2-3-4-5-6-7-8-9-10-11-15(19)18-14(17(22)23)12-13-16(20)21;;/h14H,2-13H2,1H3,(H,18,19)(H,20,21)(H,22,23);;/t14-;;/m1../s1. The summed E-state index contributed by atoms with van der Waals surface area (Å²) in [7, 11) is 0. The zero-order valence-corrected chi connectivity index (χ0v) is 14.2. The summed E-state index contributed by atoms with van der Waals surface area (Å²) in [5.41, 5.74) is 0. The fraction of sp³-hybridized carbons (Fsp3) is 0.824. The summed E-state index contributed by atoms with van der Waals surface area (Å²) in [4.78, 5) is 33.1. The summed E-state index contributed by atoms with van der Waals surface area (Å²) >= 11 is 0. The molecule has 136 valence electrons. The van der Waals surface area contributed by atoms with Crippen LogP contribution in [0.25, 0.3) is 0 Å².